The van der Waals surface area contributed by atoms with Gasteiger partial charge in [-0.25, -0.2) is 0 Å². The summed E-state index contributed by atoms with van der Waals surface area (Å²) in [6, 6.07) is 0. The number of aliphatic hydroxyl groups is 7. The van der Waals surface area contributed by atoms with E-state index < -0.39 is 176 Å². The van der Waals surface area contributed by atoms with Crippen LogP contribution in [0.2, 0.25) is 0 Å². The van der Waals surface area contributed by atoms with E-state index in [2.05, 4.69) is 6.92 Å². The molecule has 4 saturated carbocycles. The van der Waals surface area contributed by atoms with Crippen LogP contribution in [0, 0.1) is 34.5 Å². The molecule has 0 unspecified atom stereocenters. The monoisotopic (exact) mass is 1220 g/mol. The zero-order valence-electron chi connectivity index (χ0n) is 52.1. The smallest absolute Gasteiger partial charge is 0.309 e. The van der Waals surface area contributed by atoms with E-state index in [0.29, 0.717) is 25.7 Å². The lowest BCUT2D eigenvalue weighted by Crippen LogP contribution is -2.72. The van der Waals surface area contributed by atoms with E-state index in [4.69, 9.17) is 71.1 Å². The third-order valence-corrected chi connectivity index (χ3v) is 22.2. The first-order valence-corrected chi connectivity index (χ1v) is 31.5. The standard InChI is InChI=1S/C61H102O24/c1-14-28(2)56(68)78-33(7)60(69)19-20-61(70)37-16-15-35-21-36(17-18-58(35,9)38(37)22-44(59(60,61)10)79-34(8)63)80-45-23-39(64)52(29(3)74-45)82-46-24-40(71-11)53(30(4)75-46)83-47-25-41(72-12)54(31(5)76-47)84-48-26-42(73-13)55(32(6)77-48)85-57-51(67)50(66)49(65)43(27-62)81-57/h28-33,35-55,57,62,64-67,69-70H,14-27H2,1-13H3/t28-,29-,30-,31-,32-,33-,35+,36-,37-,38+,39-,40-,41-,42-,43+,44-,45+,46+,47+,48+,49+,50-,51+,52-,53-,54-,55-,57-,58-,59-,60-,61-/m1/s1. The van der Waals surface area contributed by atoms with Crippen molar-refractivity contribution >= 4 is 11.9 Å². The highest BCUT2D eigenvalue weighted by Gasteiger charge is 2.77. The first-order chi connectivity index (χ1) is 40.2. The first-order valence-electron chi connectivity index (χ1n) is 31.5. The van der Waals surface area contributed by atoms with Crippen LogP contribution in [0.15, 0.2) is 0 Å². The van der Waals surface area contributed by atoms with Crippen LogP contribution in [0.4, 0.5) is 0 Å². The van der Waals surface area contributed by atoms with Gasteiger partial charge in [-0.2, -0.15) is 0 Å². The Balaban J connectivity index is 0.749. The van der Waals surface area contributed by atoms with E-state index in [9.17, 15) is 45.3 Å². The number of hydrogen-bond acceptors (Lipinski definition) is 24. The van der Waals surface area contributed by atoms with Crippen LogP contribution in [0.25, 0.3) is 0 Å². The number of methoxy groups -OCH3 is 3. The molecule has 9 aliphatic rings. The van der Waals surface area contributed by atoms with Crippen molar-refractivity contribution in [3.05, 3.63) is 0 Å². The van der Waals surface area contributed by atoms with Gasteiger partial charge in [0.15, 0.2) is 31.5 Å². The maximum atomic E-state index is 13.1. The van der Waals surface area contributed by atoms with Crippen molar-refractivity contribution in [1.82, 2.24) is 0 Å². The fraction of sp³-hybridized carbons (Fsp3) is 0.967. The Kier molecular flexibility index (Phi) is 21.6. The van der Waals surface area contributed by atoms with Crippen molar-refractivity contribution in [3.63, 3.8) is 0 Å². The SMILES string of the molecule is CC[C@@H](C)C(=O)O[C@H](C)[C@]1(O)CC[C@@]2(O)[C@@H]3CC[C@H]4C[C@H](O[C@H]5C[C@@H](O)[C@H](O[C@H]6C[C@@H](OC)[C@H](O[C@H]7C[C@@H](OC)[C@H](O[C@H]8C[C@@H](OC)[C@H](O[C@H]9O[C@@H](CO)[C@H](O)[C@@H](O)[C@@H]9O)[C@@H](C)O8)[C@@H](C)O7)[C@@H](C)O6)[C@@H](C)O5)CC[C@@]4(C)[C@H]3C[C@@H](OC(C)=O)[C@@]21C. The molecular formula is C61H102O24. The molecule has 24 heteroatoms. The number of carbonyl (C=O) groups excluding carboxylic acids is 2. The second kappa shape index (κ2) is 27.1. The Hall–Kier alpha value is -1.86. The van der Waals surface area contributed by atoms with Gasteiger partial charge in [-0.3, -0.25) is 9.59 Å². The second-order valence-corrected chi connectivity index (χ2v) is 26.8. The predicted molar refractivity (Wildman–Crippen MR) is 296 cm³/mol. The van der Waals surface area contributed by atoms with Crippen LogP contribution in [0.1, 0.15) is 153 Å². The van der Waals surface area contributed by atoms with Gasteiger partial charge in [0.05, 0.1) is 78.5 Å². The summed E-state index contributed by atoms with van der Waals surface area (Å²) in [5.74, 6) is -1.20. The molecule has 24 nitrogen and oxygen atoms in total. The number of ether oxygens (including phenoxy) is 15. The fourth-order valence-corrected chi connectivity index (χ4v) is 16.8. The Morgan fingerprint density at radius 3 is 1.62 bits per heavy atom. The molecule has 85 heavy (non-hydrogen) atoms. The topological polar surface area (TPSA) is 314 Å². The molecule has 5 aliphatic heterocycles. The average Bonchev–Trinajstić information content (AvgIpc) is 1.94. The molecule has 490 valence electrons. The molecule has 0 amide bonds. The molecule has 7 N–H and O–H groups in total. The van der Waals surface area contributed by atoms with Crippen LogP contribution in [-0.4, -0.2) is 234 Å². The highest BCUT2D eigenvalue weighted by molar-refractivity contribution is 5.72. The summed E-state index contributed by atoms with van der Waals surface area (Å²) in [6.07, 6.45) is -13.1. The van der Waals surface area contributed by atoms with E-state index >= 15 is 0 Å². The van der Waals surface area contributed by atoms with Gasteiger partial charge in [-0.05, 0) is 116 Å². The molecule has 5 saturated heterocycles. The Labute approximate surface area is 500 Å². The van der Waals surface area contributed by atoms with Crippen molar-refractivity contribution in [3.8, 4) is 0 Å². The lowest BCUT2D eigenvalue weighted by molar-refractivity contribution is -0.358. The van der Waals surface area contributed by atoms with Crippen LogP contribution in [0.5, 0.6) is 0 Å². The van der Waals surface area contributed by atoms with Gasteiger partial charge < -0.3 is 107 Å². The highest BCUT2D eigenvalue weighted by atomic mass is 16.8. The van der Waals surface area contributed by atoms with E-state index in [-0.39, 0.29) is 60.9 Å². The molecule has 4 aliphatic carbocycles. The van der Waals surface area contributed by atoms with Crippen LogP contribution in [0.3, 0.4) is 0 Å². The van der Waals surface area contributed by atoms with Gasteiger partial charge in [0.2, 0.25) is 0 Å². The molecule has 9 rings (SSSR count). The summed E-state index contributed by atoms with van der Waals surface area (Å²) in [7, 11) is 4.70. The minimum atomic E-state index is -1.63. The number of fused-ring (bicyclic) bond motifs is 5. The molecule has 0 aromatic heterocycles. The summed E-state index contributed by atoms with van der Waals surface area (Å²) in [5.41, 5.74) is -4.54. The lowest BCUT2D eigenvalue weighted by Gasteiger charge is -2.66. The highest BCUT2D eigenvalue weighted by Crippen LogP contribution is 2.71. The summed E-state index contributed by atoms with van der Waals surface area (Å²) in [5, 5.41) is 78.3. The quantitative estimate of drug-likeness (QED) is 0.0722. The van der Waals surface area contributed by atoms with Crippen LogP contribution >= 0.6 is 0 Å². The van der Waals surface area contributed by atoms with Crippen molar-refractivity contribution < 1.29 is 116 Å². The molecule has 0 bridgehead atoms. The molecule has 32 atom stereocenters. The minimum Gasteiger partial charge on any atom is -0.462 e. The number of rotatable bonds is 19. The van der Waals surface area contributed by atoms with Gasteiger partial charge in [-0.1, -0.05) is 27.7 Å². The Morgan fingerprint density at radius 1 is 0.600 bits per heavy atom. The average molecular weight is 1220 g/mol. The van der Waals surface area contributed by atoms with Crippen LogP contribution < -0.4 is 0 Å². The van der Waals surface area contributed by atoms with Gasteiger partial charge in [0.1, 0.15) is 66.6 Å². The molecule has 0 aromatic rings. The lowest BCUT2D eigenvalue weighted by atomic mass is 9.42. The second-order valence-electron chi connectivity index (χ2n) is 26.8. The number of carbonyl (C=O) groups is 2. The third kappa shape index (κ3) is 12.9. The molecule has 9 fully saturated rings. The molecule has 0 aromatic carbocycles. The molecular weight excluding hydrogens is 1120 g/mol. The summed E-state index contributed by atoms with van der Waals surface area (Å²) >= 11 is 0. The van der Waals surface area contributed by atoms with E-state index in [1.807, 2.05) is 34.6 Å². The number of esters is 2. The van der Waals surface area contributed by atoms with E-state index in [1.165, 1.54) is 14.0 Å². The Bertz CT molecular complexity index is 2200. The molecule has 5 heterocycles. The van der Waals surface area contributed by atoms with Gasteiger partial charge >= 0.3 is 11.9 Å². The first kappa shape index (κ1) is 67.5. The van der Waals surface area contributed by atoms with E-state index in [0.717, 1.165) is 32.1 Å². The van der Waals surface area contributed by atoms with Crippen molar-refractivity contribution in [2.45, 2.75) is 311 Å². The van der Waals surface area contributed by atoms with Gasteiger partial charge in [0.25, 0.3) is 0 Å². The maximum absolute atomic E-state index is 13.1. The normalized spacial score (nSPS) is 50.9. The van der Waals surface area contributed by atoms with Crippen molar-refractivity contribution in [2.75, 3.05) is 27.9 Å². The Morgan fingerprint density at radius 2 is 1.12 bits per heavy atom. The van der Waals surface area contributed by atoms with Crippen molar-refractivity contribution in [2.24, 2.45) is 34.5 Å². The van der Waals surface area contributed by atoms with Crippen LogP contribution in [-0.2, 0) is 80.6 Å². The number of aliphatic hydroxyl groups excluding tert-OH is 5. The minimum absolute atomic E-state index is 0.0112. The van der Waals surface area contributed by atoms with Gasteiger partial charge in [-0.15, -0.1) is 0 Å². The summed E-state index contributed by atoms with van der Waals surface area (Å²) < 4.78 is 93.5. The third-order valence-electron chi connectivity index (χ3n) is 22.2. The zero-order chi connectivity index (χ0) is 61.8. The molecule has 0 spiro atoms. The summed E-state index contributed by atoms with van der Waals surface area (Å²) in [4.78, 5) is 25.9. The fourth-order valence-electron chi connectivity index (χ4n) is 16.8. The summed E-state index contributed by atoms with van der Waals surface area (Å²) in [6.45, 7) is 17.6. The zero-order valence-corrected chi connectivity index (χ0v) is 52.1. The molecule has 0 radical (unpaired) electrons. The maximum Gasteiger partial charge on any atom is 0.309 e. The van der Waals surface area contributed by atoms with Gasteiger partial charge in [0, 0.05) is 53.9 Å². The largest absolute Gasteiger partial charge is 0.462 e. The van der Waals surface area contributed by atoms with Crippen molar-refractivity contribution in [1.29, 1.82) is 0 Å². The number of hydrogen-bond donors (Lipinski definition) is 7. The van der Waals surface area contributed by atoms with E-state index in [1.54, 1.807) is 35.0 Å². The predicted octanol–water partition coefficient (Wildman–Crippen LogP) is 3.07.